The molecule has 1 spiro atoms. The highest BCUT2D eigenvalue weighted by atomic mass is 35.5. The number of aryl methyl sites for hydroxylation is 1. The molecule has 47 heavy (non-hydrogen) atoms. The Labute approximate surface area is 275 Å². The molecule has 7 rings (SSSR count). The summed E-state index contributed by atoms with van der Waals surface area (Å²) in [5.74, 6) is -0.631. The number of fused-ring (bicyclic) bond motifs is 1. The maximum absolute atomic E-state index is 14.4. The summed E-state index contributed by atoms with van der Waals surface area (Å²) in [6.45, 7) is 4.70. The molecule has 2 saturated carbocycles. The van der Waals surface area contributed by atoms with Crippen LogP contribution in [0, 0.1) is 22.5 Å². The lowest BCUT2D eigenvalue weighted by Gasteiger charge is -2.58. The maximum atomic E-state index is 14.4. The van der Waals surface area contributed by atoms with E-state index in [4.69, 9.17) is 21.1 Å². The number of hydrogen-bond donors (Lipinski definition) is 0. The van der Waals surface area contributed by atoms with E-state index in [9.17, 15) is 23.2 Å². The number of carbonyl (C=O) groups excluding carboxylic acids is 1. The molecule has 1 aromatic carbocycles. The van der Waals surface area contributed by atoms with E-state index in [0.717, 1.165) is 54.7 Å². The van der Waals surface area contributed by atoms with Crippen LogP contribution in [0.15, 0.2) is 30.5 Å². The topological polar surface area (TPSA) is 117 Å². The predicted octanol–water partition coefficient (Wildman–Crippen LogP) is 5.74. The van der Waals surface area contributed by atoms with Gasteiger partial charge in [-0.2, -0.15) is 4.98 Å². The van der Waals surface area contributed by atoms with Crippen LogP contribution < -0.4 is 14.4 Å². The van der Waals surface area contributed by atoms with E-state index in [0.29, 0.717) is 25.2 Å². The van der Waals surface area contributed by atoms with E-state index in [1.807, 2.05) is 11.0 Å². The number of nitrogens with zero attached hydrogens (tertiary/aromatic N) is 7. The quantitative estimate of drug-likeness (QED) is 0.278. The van der Waals surface area contributed by atoms with Crippen LogP contribution in [-0.4, -0.2) is 74.9 Å². The van der Waals surface area contributed by atoms with Crippen LogP contribution in [0.4, 0.5) is 19.0 Å². The molecule has 1 amide bonds. The number of ether oxygens (including phenoxy) is 2. The van der Waals surface area contributed by atoms with Gasteiger partial charge in [0.25, 0.3) is 24.4 Å². The van der Waals surface area contributed by atoms with Gasteiger partial charge in [-0.25, -0.2) is 18.4 Å². The van der Waals surface area contributed by atoms with Crippen LogP contribution in [0.5, 0.6) is 17.4 Å². The average molecular weight is 666 g/mol. The van der Waals surface area contributed by atoms with E-state index in [2.05, 4.69) is 26.1 Å². The molecule has 0 unspecified atom stereocenters. The lowest BCUT2D eigenvalue weighted by atomic mass is 9.42. The number of pyridine rings is 1. The smallest absolute Gasteiger partial charge is 0.282 e. The summed E-state index contributed by atoms with van der Waals surface area (Å²) in [7, 11) is 0. The number of halogens is 4. The molecule has 2 aliphatic heterocycles. The van der Waals surface area contributed by atoms with Gasteiger partial charge in [-0.05, 0) is 75.3 Å². The second kappa shape index (κ2) is 11.8. The Morgan fingerprint density at radius 1 is 1.17 bits per heavy atom. The number of amides is 1. The Kier molecular flexibility index (Phi) is 7.93. The van der Waals surface area contributed by atoms with Crippen LogP contribution in [-0.2, 0) is 12.7 Å². The van der Waals surface area contributed by atoms with Gasteiger partial charge in [0.2, 0.25) is 5.28 Å². The first-order valence-electron chi connectivity index (χ1n) is 15.8. The van der Waals surface area contributed by atoms with Gasteiger partial charge < -0.3 is 19.3 Å². The SMILES string of the molecule is CC(C)N(C(=O)c1cc(F)ccc1Oc1nnc(Cl)nc1N1CC2(CC(Oc3ccnc4c3CB(C#N)CC4)C2)C1)C1CC(F)(F)C1. The zero-order valence-electron chi connectivity index (χ0n) is 25.9. The fourth-order valence-electron chi connectivity index (χ4n) is 7.38. The van der Waals surface area contributed by atoms with E-state index >= 15 is 0 Å². The van der Waals surface area contributed by atoms with E-state index in [1.165, 1.54) is 11.0 Å². The van der Waals surface area contributed by atoms with Gasteiger partial charge in [0.05, 0.1) is 5.56 Å². The highest BCUT2D eigenvalue weighted by Gasteiger charge is 2.55. The van der Waals surface area contributed by atoms with E-state index < -0.39 is 42.6 Å². The first-order valence-corrected chi connectivity index (χ1v) is 16.2. The van der Waals surface area contributed by atoms with Crippen molar-refractivity contribution >= 4 is 30.0 Å². The third-order valence-corrected chi connectivity index (χ3v) is 9.84. The van der Waals surface area contributed by atoms with Crippen LogP contribution >= 0.6 is 11.6 Å². The lowest BCUT2D eigenvalue weighted by molar-refractivity contribution is -0.120. The van der Waals surface area contributed by atoms with Gasteiger partial charge >= 0.3 is 0 Å². The van der Waals surface area contributed by atoms with Crippen molar-refractivity contribution in [2.75, 3.05) is 18.0 Å². The van der Waals surface area contributed by atoms with Gasteiger partial charge in [0, 0.05) is 66.9 Å². The number of rotatable bonds is 8. The van der Waals surface area contributed by atoms with Crippen molar-refractivity contribution < 1.29 is 27.4 Å². The average Bonchev–Trinajstić information content (AvgIpc) is 2.98. The van der Waals surface area contributed by atoms with Crippen molar-refractivity contribution in [3.63, 3.8) is 0 Å². The molecule has 0 bridgehead atoms. The molecule has 2 aromatic heterocycles. The molecule has 244 valence electrons. The fourth-order valence-corrected chi connectivity index (χ4v) is 7.50. The normalized spacial score (nSPS) is 19.7. The number of benzene rings is 1. The Bertz CT molecular complexity index is 1750. The van der Waals surface area contributed by atoms with Crippen LogP contribution in [0.1, 0.15) is 61.1 Å². The summed E-state index contributed by atoms with van der Waals surface area (Å²) in [4.78, 5) is 25.8. The number of aromatic nitrogens is 4. The second-order valence-corrected chi connectivity index (χ2v) is 13.8. The third kappa shape index (κ3) is 6.06. The summed E-state index contributed by atoms with van der Waals surface area (Å²) < 4.78 is 54.3. The first kappa shape index (κ1) is 31.5. The molecular weight excluding hydrogens is 634 g/mol. The highest BCUT2D eigenvalue weighted by molar-refractivity contribution is 6.66. The Balaban J connectivity index is 1.04. The van der Waals surface area contributed by atoms with Crippen molar-refractivity contribution in [2.24, 2.45) is 5.41 Å². The Morgan fingerprint density at radius 3 is 2.64 bits per heavy atom. The van der Waals surface area contributed by atoms with Crippen LogP contribution in [0.2, 0.25) is 11.6 Å². The minimum absolute atomic E-state index is 0.000490. The molecule has 4 aliphatic rings. The predicted molar refractivity (Wildman–Crippen MR) is 167 cm³/mol. The van der Waals surface area contributed by atoms with Crippen molar-refractivity contribution in [3.8, 4) is 23.3 Å². The van der Waals surface area contributed by atoms with Gasteiger partial charge in [0.1, 0.15) is 23.4 Å². The standard InChI is InChI=1S/C32H32BClF3N7O3/c1-18(2)44(20-10-32(36,37)11-20)29(45)22-9-19(35)3-4-25(22)47-28-27(40-30(34)42-41-28)43-15-31(16-43)12-21(13-31)46-26-6-8-39-24-5-7-33(17-38)14-23(24)26/h3-4,6,8-9,18,20-21H,5,7,10-16H2,1-2H3. The summed E-state index contributed by atoms with van der Waals surface area (Å²) >= 11 is 6.13. The monoisotopic (exact) mass is 665 g/mol. The van der Waals surface area contributed by atoms with Gasteiger partial charge in [-0.3, -0.25) is 9.78 Å². The van der Waals surface area contributed by atoms with E-state index in [-0.39, 0.29) is 40.7 Å². The number of hydrogen-bond acceptors (Lipinski definition) is 9. The molecule has 0 radical (unpaired) electrons. The molecule has 0 N–H and O–H groups in total. The van der Waals surface area contributed by atoms with Crippen molar-refractivity contribution in [3.05, 3.63) is 58.4 Å². The zero-order chi connectivity index (χ0) is 33.1. The number of nitriles is 1. The van der Waals surface area contributed by atoms with Gasteiger partial charge in [0.15, 0.2) is 5.82 Å². The maximum Gasteiger partial charge on any atom is 0.282 e. The number of anilines is 1. The van der Waals surface area contributed by atoms with Crippen molar-refractivity contribution in [1.82, 2.24) is 25.1 Å². The molecule has 3 fully saturated rings. The second-order valence-electron chi connectivity index (χ2n) is 13.5. The molecule has 2 aliphatic carbocycles. The Hall–Kier alpha value is -4.12. The fraction of sp³-hybridized carbons (Fsp3) is 0.500. The summed E-state index contributed by atoms with van der Waals surface area (Å²) in [6, 6.07) is 4.29. The molecule has 10 nitrogen and oxygen atoms in total. The molecule has 15 heteroatoms. The van der Waals surface area contributed by atoms with E-state index in [1.54, 1.807) is 20.0 Å². The summed E-state index contributed by atoms with van der Waals surface area (Å²) in [5, 5.41) is 17.3. The lowest BCUT2D eigenvalue weighted by Crippen LogP contribution is -2.65. The summed E-state index contributed by atoms with van der Waals surface area (Å²) in [5.41, 5.74) is 1.92. The Morgan fingerprint density at radius 2 is 1.94 bits per heavy atom. The van der Waals surface area contributed by atoms with Crippen LogP contribution in [0.3, 0.4) is 0 Å². The zero-order valence-corrected chi connectivity index (χ0v) is 26.7. The number of carbonyl (C=O) groups is 1. The number of alkyl halides is 2. The molecule has 3 aromatic rings. The van der Waals surface area contributed by atoms with Gasteiger partial charge in [-0.15, -0.1) is 10.2 Å². The van der Waals surface area contributed by atoms with Crippen molar-refractivity contribution in [2.45, 2.75) is 82.7 Å². The van der Waals surface area contributed by atoms with Crippen molar-refractivity contribution in [1.29, 1.82) is 5.26 Å². The largest absolute Gasteiger partial charge is 0.490 e. The molecular formula is C32H32BClF3N7O3. The molecule has 4 heterocycles. The molecule has 1 saturated heterocycles. The first-order chi connectivity index (χ1) is 22.4. The van der Waals surface area contributed by atoms with Gasteiger partial charge in [-0.1, -0.05) is 6.32 Å². The van der Waals surface area contributed by atoms with Crippen LogP contribution in [0.25, 0.3) is 0 Å². The minimum Gasteiger partial charge on any atom is -0.490 e. The highest BCUT2D eigenvalue weighted by Crippen LogP contribution is 2.52. The minimum atomic E-state index is -2.83. The molecule has 0 atom stereocenters. The summed E-state index contributed by atoms with van der Waals surface area (Å²) in [6.07, 6.45) is 4.78. The third-order valence-electron chi connectivity index (χ3n) is 9.68.